The van der Waals surface area contributed by atoms with Crippen molar-refractivity contribution in [3.8, 4) is 0 Å². The average Bonchev–Trinajstić information content (AvgIpc) is 2.81. The molecule has 1 fully saturated rings. The molecule has 0 saturated heterocycles. The van der Waals surface area contributed by atoms with Crippen LogP contribution >= 0.6 is 11.3 Å². The van der Waals surface area contributed by atoms with Crippen molar-refractivity contribution >= 4 is 21.4 Å². The second kappa shape index (κ2) is 5.73. The fourth-order valence-electron chi connectivity index (χ4n) is 4.05. The van der Waals surface area contributed by atoms with Crippen LogP contribution in [-0.2, 0) is 6.42 Å². The van der Waals surface area contributed by atoms with Gasteiger partial charge in [-0.15, -0.1) is 11.3 Å². The lowest BCUT2D eigenvalue weighted by molar-refractivity contribution is -0.0124. The van der Waals surface area contributed by atoms with Gasteiger partial charge in [0.2, 0.25) is 0 Å². The van der Waals surface area contributed by atoms with Crippen LogP contribution < -0.4 is 0 Å². The fraction of sp³-hybridized carbons (Fsp3) is 0.579. The summed E-state index contributed by atoms with van der Waals surface area (Å²) in [6, 6.07) is 8.67. The van der Waals surface area contributed by atoms with Crippen LogP contribution in [0.5, 0.6) is 0 Å². The molecule has 0 radical (unpaired) electrons. The van der Waals surface area contributed by atoms with Crippen LogP contribution in [0.25, 0.3) is 10.1 Å². The maximum Gasteiger partial charge on any atom is 0.0576 e. The number of rotatable bonds is 3. The minimum atomic E-state index is -0.131. The van der Waals surface area contributed by atoms with Gasteiger partial charge in [0, 0.05) is 4.70 Å². The predicted molar refractivity (Wildman–Crippen MR) is 91.8 cm³/mol. The van der Waals surface area contributed by atoms with E-state index in [1.165, 1.54) is 22.1 Å². The van der Waals surface area contributed by atoms with E-state index in [2.05, 4.69) is 50.4 Å². The first-order valence-corrected chi connectivity index (χ1v) is 8.98. The van der Waals surface area contributed by atoms with E-state index in [4.69, 9.17) is 0 Å². The third-order valence-electron chi connectivity index (χ3n) is 5.29. The van der Waals surface area contributed by atoms with Gasteiger partial charge in [-0.1, -0.05) is 45.4 Å². The predicted octanol–water partition coefficient (Wildman–Crippen LogP) is 5.27. The van der Waals surface area contributed by atoms with Gasteiger partial charge in [0.1, 0.15) is 0 Å². The van der Waals surface area contributed by atoms with Crippen LogP contribution in [0.1, 0.15) is 45.6 Å². The minimum absolute atomic E-state index is 0.131. The van der Waals surface area contributed by atoms with Gasteiger partial charge in [-0.3, -0.25) is 0 Å². The van der Waals surface area contributed by atoms with Crippen LogP contribution in [0.2, 0.25) is 0 Å². The van der Waals surface area contributed by atoms with Crippen molar-refractivity contribution in [2.24, 2.45) is 17.3 Å². The molecule has 0 aliphatic heterocycles. The van der Waals surface area contributed by atoms with Crippen LogP contribution in [0.15, 0.2) is 29.6 Å². The lowest BCUT2D eigenvalue weighted by atomic mass is 9.65. The standard InChI is InChI=1S/C19H26OS/c1-13-8-9-16(17(20)10-13)19(2,3)11-14-12-21-18-7-5-4-6-15(14)18/h4-7,12-13,16-17,20H,8-11H2,1-3H3. The van der Waals surface area contributed by atoms with Gasteiger partial charge < -0.3 is 5.11 Å². The summed E-state index contributed by atoms with van der Waals surface area (Å²) in [6.07, 6.45) is 4.33. The number of aliphatic hydroxyl groups excluding tert-OH is 1. The Hall–Kier alpha value is -0.860. The molecule has 2 aromatic rings. The quantitative estimate of drug-likeness (QED) is 0.819. The summed E-state index contributed by atoms with van der Waals surface area (Å²) >= 11 is 1.84. The molecule has 2 heteroatoms. The van der Waals surface area contributed by atoms with E-state index >= 15 is 0 Å². The maximum absolute atomic E-state index is 10.5. The molecule has 3 unspecified atom stereocenters. The first-order chi connectivity index (χ1) is 9.97. The molecule has 1 aromatic carbocycles. The number of hydrogen-bond donors (Lipinski definition) is 1. The molecule has 1 saturated carbocycles. The van der Waals surface area contributed by atoms with E-state index in [1.807, 2.05) is 11.3 Å². The van der Waals surface area contributed by atoms with Gasteiger partial charge >= 0.3 is 0 Å². The second-order valence-electron chi connectivity index (χ2n) is 7.51. The summed E-state index contributed by atoms with van der Waals surface area (Å²) in [5.41, 5.74) is 1.61. The van der Waals surface area contributed by atoms with E-state index in [0.717, 1.165) is 19.3 Å². The molecule has 1 N–H and O–H groups in total. The molecule has 21 heavy (non-hydrogen) atoms. The summed E-state index contributed by atoms with van der Waals surface area (Å²) in [5.74, 6) is 1.10. The van der Waals surface area contributed by atoms with Crippen molar-refractivity contribution in [2.75, 3.05) is 0 Å². The normalized spacial score (nSPS) is 27.1. The Morgan fingerprint density at radius 1 is 1.24 bits per heavy atom. The van der Waals surface area contributed by atoms with Crippen molar-refractivity contribution < 1.29 is 5.11 Å². The van der Waals surface area contributed by atoms with Gasteiger partial charge in [-0.25, -0.2) is 0 Å². The van der Waals surface area contributed by atoms with Gasteiger partial charge in [0.05, 0.1) is 6.10 Å². The number of thiophene rings is 1. The zero-order valence-corrected chi connectivity index (χ0v) is 14.1. The lowest BCUT2D eigenvalue weighted by Gasteiger charge is -2.42. The smallest absolute Gasteiger partial charge is 0.0576 e. The van der Waals surface area contributed by atoms with Crippen LogP contribution in [0.3, 0.4) is 0 Å². The average molecular weight is 302 g/mol. The first kappa shape index (κ1) is 15.1. The molecule has 1 heterocycles. The third kappa shape index (κ3) is 3.02. The number of aliphatic hydroxyl groups is 1. The molecule has 114 valence electrons. The molecule has 0 spiro atoms. The maximum atomic E-state index is 10.5. The highest BCUT2D eigenvalue weighted by Gasteiger charge is 2.38. The molecule has 1 aliphatic carbocycles. The monoisotopic (exact) mass is 302 g/mol. The Kier molecular flexibility index (Phi) is 4.11. The molecule has 0 bridgehead atoms. The first-order valence-electron chi connectivity index (χ1n) is 8.10. The third-order valence-corrected chi connectivity index (χ3v) is 6.30. The highest BCUT2D eigenvalue weighted by molar-refractivity contribution is 7.17. The summed E-state index contributed by atoms with van der Waals surface area (Å²) in [5, 5.41) is 14.2. The summed E-state index contributed by atoms with van der Waals surface area (Å²) in [6.45, 7) is 6.94. The SMILES string of the molecule is CC1CCC(C(C)(C)Cc2csc3ccccc23)C(O)C1. The molecule has 3 atom stereocenters. The number of benzene rings is 1. The highest BCUT2D eigenvalue weighted by atomic mass is 32.1. The summed E-state index contributed by atoms with van der Waals surface area (Å²) in [4.78, 5) is 0. The van der Waals surface area contributed by atoms with Crippen LogP contribution in [0.4, 0.5) is 0 Å². The molecule has 1 aromatic heterocycles. The number of hydrogen-bond acceptors (Lipinski definition) is 2. The van der Waals surface area contributed by atoms with E-state index in [1.54, 1.807) is 0 Å². The second-order valence-corrected chi connectivity index (χ2v) is 8.43. The molecular formula is C19H26OS. The molecule has 1 nitrogen and oxygen atoms in total. The van der Waals surface area contributed by atoms with Gasteiger partial charge in [0.15, 0.2) is 0 Å². The molecule has 3 rings (SSSR count). The van der Waals surface area contributed by atoms with Crippen molar-refractivity contribution in [1.82, 2.24) is 0 Å². The van der Waals surface area contributed by atoms with Gasteiger partial charge in [0.25, 0.3) is 0 Å². The van der Waals surface area contributed by atoms with Crippen LogP contribution in [-0.4, -0.2) is 11.2 Å². The summed E-state index contributed by atoms with van der Waals surface area (Å²) < 4.78 is 1.38. The zero-order chi connectivity index (χ0) is 15.0. The Morgan fingerprint density at radius 2 is 2.00 bits per heavy atom. The highest BCUT2D eigenvalue weighted by Crippen LogP contribution is 2.43. The minimum Gasteiger partial charge on any atom is -0.393 e. The topological polar surface area (TPSA) is 20.2 Å². The lowest BCUT2D eigenvalue weighted by Crippen LogP contribution is -2.39. The Bertz CT molecular complexity index is 613. The number of fused-ring (bicyclic) bond motifs is 1. The Labute approximate surface area is 132 Å². The van der Waals surface area contributed by atoms with E-state index in [-0.39, 0.29) is 11.5 Å². The van der Waals surface area contributed by atoms with Gasteiger partial charge in [-0.2, -0.15) is 0 Å². The zero-order valence-electron chi connectivity index (χ0n) is 13.3. The van der Waals surface area contributed by atoms with Crippen molar-refractivity contribution in [2.45, 2.75) is 52.6 Å². The molecule has 1 aliphatic rings. The van der Waals surface area contributed by atoms with Crippen molar-refractivity contribution in [3.05, 3.63) is 35.2 Å². The Morgan fingerprint density at radius 3 is 2.76 bits per heavy atom. The van der Waals surface area contributed by atoms with E-state index in [0.29, 0.717) is 11.8 Å². The van der Waals surface area contributed by atoms with Crippen molar-refractivity contribution in [1.29, 1.82) is 0 Å². The van der Waals surface area contributed by atoms with E-state index in [9.17, 15) is 5.11 Å². The van der Waals surface area contributed by atoms with Gasteiger partial charge in [-0.05, 0) is 58.9 Å². The fourth-order valence-corrected chi connectivity index (χ4v) is 5.02. The summed E-state index contributed by atoms with van der Waals surface area (Å²) in [7, 11) is 0. The Balaban J connectivity index is 1.82. The van der Waals surface area contributed by atoms with Crippen LogP contribution in [0, 0.1) is 17.3 Å². The molecule has 0 amide bonds. The molecular weight excluding hydrogens is 276 g/mol. The van der Waals surface area contributed by atoms with Crippen molar-refractivity contribution in [3.63, 3.8) is 0 Å². The largest absolute Gasteiger partial charge is 0.393 e. The van der Waals surface area contributed by atoms with E-state index < -0.39 is 0 Å².